The van der Waals surface area contributed by atoms with Gasteiger partial charge in [-0.3, -0.25) is 4.79 Å². The Morgan fingerprint density at radius 2 is 2.26 bits per heavy atom. The summed E-state index contributed by atoms with van der Waals surface area (Å²) in [7, 11) is 0. The minimum atomic E-state index is -0.136. The largest absolute Gasteiger partial charge is 0.345 e. The lowest BCUT2D eigenvalue weighted by atomic mass is 10.2. The molecule has 0 spiro atoms. The monoisotopic (exact) mass is 276 g/mol. The molecule has 2 aromatic heterocycles. The van der Waals surface area contributed by atoms with Gasteiger partial charge in [0.25, 0.3) is 5.91 Å². The lowest BCUT2D eigenvalue weighted by Crippen LogP contribution is -2.26. The van der Waals surface area contributed by atoms with Crippen LogP contribution >= 0.6 is 11.3 Å². The summed E-state index contributed by atoms with van der Waals surface area (Å²) in [6.07, 6.45) is 0. The first-order valence-corrected chi connectivity index (χ1v) is 6.77. The number of anilines is 1. The van der Waals surface area contributed by atoms with Crippen molar-refractivity contribution in [2.45, 2.75) is 19.9 Å². The Kier molecular flexibility index (Phi) is 4.13. The molecule has 0 aliphatic rings. The van der Waals surface area contributed by atoms with Gasteiger partial charge in [0, 0.05) is 16.1 Å². The summed E-state index contributed by atoms with van der Waals surface area (Å²) in [5.41, 5.74) is 3.74. The number of aryl methyl sites for hydroxylation is 1. The molecule has 0 radical (unpaired) electrons. The zero-order valence-electron chi connectivity index (χ0n) is 10.8. The van der Waals surface area contributed by atoms with Gasteiger partial charge in [0.1, 0.15) is 5.82 Å². The van der Waals surface area contributed by atoms with Crippen LogP contribution < -0.4 is 16.6 Å². The molecular weight excluding hydrogens is 260 g/mol. The molecule has 1 unspecified atom stereocenters. The maximum Gasteiger partial charge on any atom is 0.251 e. The van der Waals surface area contributed by atoms with Crippen LogP contribution in [0.1, 0.15) is 33.9 Å². The van der Waals surface area contributed by atoms with Crippen LogP contribution in [-0.2, 0) is 0 Å². The SMILES string of the molecule is Cc1cc(C(=O)NC(C)c2cccs2)cc(NN)n1. The van der Waals surface area contributed by atoms with Gasteiger partial charge in [0.15, 0.2) is 0 Å². The van der Waals surface area contributed by atoms with Gasteiger partial charge in [-0.2, -0.15) is 0 Å². The van der Waals surface area contributed by atoms with Gasteiger partial charge < -0.3 is 10.7 Å². The molecule has 19 heavy (non-hydrogen) atoms. The van der Waals surface area contributed by atoms with Crippen molar-refractivity contribution in [3.63, 3.8) is 0 Å². The number of carbonyl (C=O) groups excluding carboxylic acids is 1. The first kappa shape index (κ1) is 13.5. The van der Waals surface area contributed by atoms with Crippen molar-refractivity contribution < 1.29 is 4.79 Å². The molecule has 2 aromatic rings. The van der Waals surface area contributed by atoms with Gasteiger partial charge in [-0.05, 0) is 37.4 Å². The third kappa shape index (κ3) is 3.30. The number of hydrazine groups is 1. The van der Waals surface area contributed by atoms with E-state index in [9.17, 15) is 4.79 Å². The van der Waals surface area contributed by atoms with E-state index in [2.05, 4.69) is 15.7 Å². The second kappa shape index (κ2) is 5.81. The number of nitrogens with two attached hydrogens (primary N) is 1. The minimum absolute atomic E-state index is 0.0183. The van der Waals surface area contributed by atoms with Crippen LogP contribution in [0.5, 0.6) is 0 Å². The Labute approximate surface area is 115 Å². The molecular formula is C13H16N4OS. The number of nitrogens with one attached hydrogen (secondary N) is 2. The molecule has 0 saturated heterocycles. The van der Waals surface area contributed by atoms with Crippen LogP contribution in [0.3, 0.4) is 0 Å². The second-order valence-electron chi connectivity index (χ2n) is 4.24. The molecule has 0 saturated carbocycles. The zero-order valence-corrected chi connectivity index (χ0v) is 11.6. The van der Waals surface area contributed by atoms with Gasteiger partial charge in [0.05, 0.1) is 6.04 Å². The predicted octanol–water partition coefficient (Wildman–Crippen LogP) is 2.23. The summed E-state index contributed by atoms with van der Waals surface area (Å²) >= 11 is 1.62. The number of rotatable bonds is 4. The topological polar surface area (TPSA) is 80.0 Å². The predicted molar refractivity (Wildman–Crippen MR) is 77.0 cm³/mol. The van der Waals surface area contributed by atoms with Gasteiger partial charge >= 0.3 is 0 Å². The normalized spacial score (nSPS) is 11.9. The van der Waals surface area contributed by atoms with Crippen molar-refractivity contribution in [1.82, 2.24) is 10.3 Å². The minimum Gasteiger partial charge on any atom is -0.345 e. The number of thiophene rings is 1. The molecule has 1 atom stereocenters. The van der Waals surface area contributed by atoms with Crippen LogP contribution in [0.25, 0.3) is 0 Å². The van der Waals surface area contributed by atoms with E-state index in [1.807, 2.05) is 31.4 Å². The summed E-state index contributed by atoms with van der Waals surface area (Å²) in [6.45, 7) is 3.78. The van der Waals surface area contributed by atoms with E-state index in [-0.39, 0.29) is 11.9 Å². The summed E-state index contributed by atoms with van der Waals surface area (Å²) in [5, 5.41) is 4.94. The maximum absolute atomic E-state index is 12.2. The number of carbonyl (C=O) groups is 1. The van der Waals surface area contributed by atoms with E-state index >= 15 is 0 Å². The molecule has 0 bridgehead atoms. The molecule has 0 aromatic carbocycles. The molecule has 0 aliphatic carbocycles. The number of hydrogen-bond acceptors (Lipinski definition) is 5. The number of pyridine rings is 1. The highest BCUT2D eigenvalue weighted by molar-refractivity contribution is 7.10. The molecule has 0 fully saturated rings. The lowest BCUT2D eigenvalue weighted by molar-refractivity contribution is 0.0940. The highest BCUT2D eigenvalue weighted by Gasteiger charge is 2.13. The van der Waals surface area contributed by atoms with Crippen molar-refractivity contribution in [1.29, 1.82) is 0 Å². The van der Waals surface area contributed by atoms with Gasteiger partial charge in [-0.15, -0.1) is 11.3 Å². The highest BCUT2D eigenvalue weighted by Crippen LogP contribution is 2.19. The Hall–Kier alpha value is -1.92. The average Bonchev–Trinajstić information content (AvgIpc) is 2.91. The van der Waals surface area contributed by atoms with Crippen LogP contribution in [0.2, 0.25) is 0 Å². The van der Waals surface area contributed by atoms with Crippen molar-refractivity contribution in [3.8, 4) is 0 Å². The number of aromatic nitrogens is 1. The summed E-state index contributed by atoms with van der Waals surface area (Å²) in [4.78, 5) is 17.4. The van der Waals surface area contributed by atoms with E-state index < -0.39 is 0 Å². The van der Waals surface area contributed by atoms with Gasteiger partial charge in [-0.1, -0.05) is 6.07 Å². The van der Waals surface area contributed by atoms with Gasteiger partial charge in [0.2, 0.25) is 0 Å². The third-order valence-electron chi connectivity index (χ3n) is 2.68. The fourth-order valence-corrected chi connectivity index (χ4v) is 2.50. The Morgan fingerprint density at radius 1 is 1.47 bits per heavy atom. The van der Waals surface area contributed by atoms with E-state index in [0.717, 1.165) is 10.6 Å². The van der Waals surface area contributed by atoms with E-state index in [1.54, 1.807) is 23.5 Å². The Morgan fingerprint density at radius 3 is 2.89 bits per heavy atom. The fraction of sp³-hybridized carbons (Fsp3) is 0.231. The number of amides is 1. The summed E-state index contributed by atoms with van der Waals surface area (Å²) in [5.74, 6) is 5.67. The van der Waals surface area contributed by atoms with E-state index in [4.69, 9.17) is 5.84 Å². The molecule has 5 nitrogen and oxygen atoms in total. The van der Waals surface area contributed by atoms with E-state index in [1.165, 1.54) is 0 Å². The molecule has 2 rings (SSSR count). The number of nitrogens with zero attached hydrogens (tertiary/aromatic N) is 1. The number of nitrogen functional groups attached to an aromatic ring is 1. The van der Waals surface area contributed by atoms with Crippen molar-refractivity contribution in [2.24, 2.45) is 5.84 Å². The van der Waals surface area contributed by atoms with Crippen molar-refractivity contribution in [2.75, 3.05) is 5.43 Å². The van der Waals surface area contributed by atoms with E-state index in [0.29, 0.717) is 11.4 Å². The van der Waals surface area contributed by atoms with Crippen LogP contribution in [0, 0.1) is 6.92 Å². The summed E-state index contributed by atoms with van der Waals surface area (Å²) in [6, 6.07) is 7.31. The zero-order chi connectivity index (χ0) is 13.8. The van der Waals surface area contributed by atoms with Gasteiger partial charge in [-0.25, -0.2) is 10.8 Å². The molecule has 0 aliphatic heterocycles. The molecule has 6 heteroatoms. The Bertz CT molecular complexity index is 568. The average molecular weight is 276 g/mol. The van der Waals surface area contributed by atoms with Crippen molar-refractivity contribution in [3.05, 3.63) is 45.8 Å². The number of hydrogen-bond donors (Lipinski definition) is 3. The quantitative estimate of drug-likeness (QED) is 0.591. The fourth-order valence-electron chi connectivity index (χ4n) is 1.76. The summed E-state index contributed by atoms with van der Waals surface area (Å²) < 4.78 is 0. The van der Waals surface area contributed by atoms with Crippen LogP contribution in [0.15, 0.2) is 29.6 Å². The smallest absolute Gasteiger partial charge is 0.251 e. The van der Waals surface area contributed by atoms with Crippen LogP contribution in [0.4, 0.5) is 5.82 Å². The van der Waals surface area contributed by atoms with Crippen molar-refractivity contribution >= 4 is 23.1 Å². The van der Waals surface area contributed by atoms with Crippen LogP contribution in [-0.4, -0.2) is 10.9 Å². The molecule has 4 N–H and O–H groups in total. The standard InChI is InChI=1S/C13H16N4OS/c1-8-6-10(7-12(15-8)17-14)13(18)16-9(2)11-4-3-5-19-11/h3-7,9H,14H2,1-2H3,(H,15,17)(H,16,18). The first-order chi connectivity index (χ1) is 9.10. The molecule has 2 heterocycles. The highest BCUT2D eigenvalue weighted by atomic mass is 32.1. The third-order valence-corrected chi connectivity index (χ3v) is 3.74. The maximum atomic E-state index is 12.2. The molecule has 1 amide bonds. The Balaban J connectivity index is 2.13. The second-order valence-corrected chi connectivity index (χ2v) is 5.22. The first-order valence-electron chi connectivity index (χ1n) is 5.89. The molecule has 100 valence electrons. The lowest BCUT2D eigenvalue weighted by Gasteiger charge is -2.13.